The summed E-state index contributed by atoms with van der Waals surface area (Å²) in [7, 11) is 5.99. The third-order valence-electron chi connectivity index (χ3n) is 0.550. The molecule has 0 fully saturated rings. The molecule has 2 nitrogen and oxygen atoms in total. The second kappa shape index (κ2) is 8.74. The second-order valence-electron chi connectivity index (χ2n) is 1.37. The van der Waals surface area contributed by atoms with E-state index in [-0.39, 0.29) is 0 Å². The number of hydrogen-bond donors (Lipinski definition) is 3. The van der Waals surface area contributed by atoms with Crippen molar-refractivity contribution in [3.63, 3.8) is 0 Å². The highest BCUT2D eigenvalue weighted by atomic mass is 33.9. The third-order valence-corrected chi connectivity index (χ3v) is 13.9. The molecule has 0 heterocycles. The molecule has 12 heavy (non-hydrogen) atoms. The molecule has 0 saturated carbocycles. The number of nitrogens with one attached hydrogen (secondary N) is 2. The van der Waals surface area contributed by atoms with Crippen molar-refractivity contribution in [2.24, 2.45) is 0 Å². The molecule has 0 rings (SSSR count). The Labute approximate surface area is 102 Å². The van der Waals surface area contributed by atoms with Gasteiger partial charge in [0, 0.05) is 32.6 Å². The van der Waals surface area contributed by atoms with Crippen LogP contribution in [-0.4, -0.2) is 6.54 Å². The predicted molar refractivity (Wildman–Crippen MR) is 78.3 cm³/mol. The first-order valence-electron chi connectivity index (χ1n) is 2.70. The lowest BCUT2D eigenvalue weighted by Gasteiger charge is -2.09. The summed E-state index contributed by atoms with van der Waals surface area (Å²) in [5.41, 5.74) is 2.92. The van der Waals surface area contributed by atoms with Crippen molar-refractivity contribution in [3.05, 3.63) is 0 Å². The molecule has 0 aliphatic rings. The van der Waals surface area contributed by atoms with E-state index in [1.54, 1.807) is 19.7 Å². The zero-order valence-corrected chi connectivity index (χ0v) is 12.6. The van der Waals surface area contributed by atoms with Crippen molar-refractivity contribution < 1.29 is 0 Å². The zero-order valence-electron chi connectivity index (χ0n) is 6.01. The first kappa shape index (κ1) is 14.5. The second-order valence-corrected chi connectivity index (χ2v) is 16.1. The van der Waals surface area contributed by atoms with E-state index >= 15 is 0 Å². The normalized spacial score (nSPS) is 11.8. The molecule has 0 radical (unpaired) electrons. The van der Waals surface area contributed by atoms with Crippen LogP contribution in [-0.2, 0) is 28.7 Å². The van der Waals surface area contributed by atoms with Gasteiger partial charge in [-0.05, 0) is 42.0 Å². The molecule has 0 aliphatic heterocycles. The van der Waals surface area contributed by atoms with Gasteiger partial charge < -0.3 is 0 Å². The van der Waals surface area contributed by atoms with Crippen molar-refractivity contribution >= 4 is 79.7 Å². The van der Waals surface area contributed by atoms with Crippen LogP contribution in [0.15, 0.2) is 0 Å². The molecule has 0 aromatic carbocycles. The van der Waals surface area contributed by atoms with Crippen molar-refractivity contribution in [1.29, 1.82) is 0 Å². The van der Waals surface area contributed by atoms with Crippen LogP contribution in [0.3, 0.4) is 0 Å². The molecule has 0 amide bonds. The van der Waals surface area contributed by atoms with Crippen LogP contribution in [0.25, 0.3) is 0 Å². The molecule has 0 unspecified atom stereocenters. The smallest absolute Gasteiger partial charge is 0.0415 e. The van der Waals surface area contributed by atoms with Gasteiger partial charge in [0.1, 0.15) is 0 Å². The van der Waals surface area contributed by atoms with Crippen LogP contribution < -0.4 is 10.3 Å². The monoisotopic (exact) mass is 316 g/mol. The minimum Gasteiger partial charge on any atom is -0.247 e. The van der Waals surface area contributed by atoms with E-state index in [1.165, 1.54) is 19.7 Å². The predicted octanol–water partition coefficient (Wildman–Crippen LogP) is 2.53. The van der Waals surface area contributed by atoms with E-state index in [4.69, 9.17) is 22.4 Å². The van der Waals surface area contributed by atoms with Crippen LogP contribution in [0.2, 0.25) is 0 Å². The summed E-state index contributed by atoms with van der Waals surface area (Å²) in [5.74, 6) is 0. The standard InChI is InChI=1S/C2H8N2S8/c1-2-3-4-12(6,7)11-10-9-8-5/h3-5H,2H2,1H3. The fourth-order valence-corrected chi connectivity index (χ4v) is 13.9. The SMILES string of the molecule is CCNNS(=S)(=S)SSSSS. The van der Waals surface area contributed by atoms with Crippen molar-refractivity contribution in [3.8, 4) is 0 Å². The maximum Gasteiger partial charge on any atom is 0.0415 e. The summed E-state index contributed by atoms with van der Waals surface area (Å²) in [6.45, 7) is 2.81. The summed E-state index contributed by atoms with van der Waals surface area (Å²) in [6, 6.07) is 0. The number of hydrogen-bond acceptors (Lipinski definition) is 8. The molecular formula is C2H8N2S8. The Bertz CT molecular complexity index is 185. The fraction of sp³-hybridized carbons (Fsp3) is 1.00. The molecule has 0 atom stereocenters. The van der Waals surface area contributed by atoms with Gasteiger partial charge in [-0.2, -0.15) is 4.83 Å². The maximum absolute atomic E-state index is 5.14. The largest absolute Gasteiger partial charge is 0.247 e. The lowest BCUT2D eigenvalue weighted by atomic mass is 10.8. The fourth-order valence-electron chi connectivity index (χ4n) is 0.238. The van der Waals surface area contributed by atoms with Gasteiger partial charge >= 0.3 is 0 Å². The van der Waals surface area contributed by atoms with Gasteiger partial charge in [-0.25, -0.2) is 5.43 Å². The van der Waals surface area contributed by atoms with Crippen LogP contribution >= 0.6 is 51.0 Å². The average Bonchev–Trinajstić information content (AvgIpc) is 2.01. The molecule has 0 aromatic heterocycles. The molecule has 0 aromatic rings. The molecule has 2 N–H and O–H groups in total. The maximum atomic E-state index is 5.14. The van der Waals surface area contributed by atoms with Crippen LogP contribution in [0, 0.1) is 0 Å². The Morgan fingerprint density at radius 2 is 2.08 bits per heavy atom. The summed E-state index contributed by atoms with van der Waals surface area (Å²) in [4.78, 5) is 2.93. The third kappa shape index (κ3) is 9.03. The molecule has 0 aliphatic carbocycles. The van der Waals surface area contributed by atoms with E-state index in [2.05, 4.69) is 21.9 Å². The van der Waals surface area contributed by atoms with Gasteiger partial charge in [0.15, 0.2) is 0 Å². The minimum absolute atomic E-state index is 0.821. The van der Waals surface area contributed by atoms with Gasteiger partial charge in [0.25, 0.3) is 0 Å². The Morgan fingerprint density at radius 3 is 2.58 bits per heavy atom. The zero-order chi connectivity index (χ0) is 9.45. The van der Waals surface area contributed by atoms with Crippen LogP contribution in [0.5, 0.6) is 0 Å². The highest BCUT2D eigenvalue weighted by molar-refractivity contribution is 9.43. The highest BCUT2D eigenvalue weighted by Gasteiger charge is 2.01. The van der Waals surface area contributed by atoms with Gasteiger partial charge in [-0.1, -0.05) is 18.6 Å². The summed E-state index contributed by atoms with van der Waals surface area (Å²) < 4.78 is 0. The van der Waals surface area contributed by atoms with Gasteiger partial charge in [0.2, 0.25) is 0 Å². The van der Waals surface area contributed by atoms with E-state index in [0.29, 0.717) is 0 Å². The Hall–Kier alpha value is 2.46. The number of hydrazine groups is 1. The van der Waals surface area contributed by atoms with Gasteiger partial charge in [0.05, 0.1) is 0 Å². The molecule has 10 heteroatoms. The number of rotatable bonds is 7. The minimum atomic E-state index is -1.60. The van der Waals surface area contributed by atoms with E-state index in [9.17, 15) is 0 Å². The molecule has 74 valence electrons. The van der Waals surface area contributed by atoms with E-state index in [1.807, 2.05) is 6.92 Å². The lowest BCUT2D eigenvalue weighted by Crippen LogP contribution is -2.33. The molecule has 0 saturated heterocycles. The Morgan fingerprint density at radius 1 is 1.42 bits per heavy atom. The van der Waals surface area contributed by atoms with E-state index in [0.717, 1.165) is 6.54 Å². The molecular weight excluding hydrogens is 309 g/mol. The lowest BCUT2D eigenvalue weighted by molar-refractivity contribution is 0.721. The van der Waals surface area contributed by atoms with Crippen molar-refractivity contribution in [1.82, 2.24) is 10.3 Å². The van der Waals surface area contributed by atoms with Gasteiger partial charge in [-0.15, -0.1) is 0 Å². The Balaban J connectivity index is 3.58. The van der Waals surface area contributed by atoms with E-state index < -0.39 is 6.36 Å². The van der Waals surface area contributed by atoms with Crippen LogP contribution in [0.1, 0.15) is 6.92 Å². The average molecular weight is 317 g/mol. The topological polar surface area (TPSA) is 24.1 Å². The number of thiol groups is 1. The first-order chi connectivity index (χ1) is 5.62. The van der Waals surface area contributed by atoms with Crippen molar-refractivity contribution in [2.75, 3.05) is 6.54 Å². The quantitative estimate of drug-likeness (QED) is 0.285. The summed E-state index contributed by atoms with van der Waals surface area (Å²) in [5, 5.41) is 0. The summed E-state index contributed by atoms with van der Waals surface area (Å²) in [6.07, 6.45) is -1.60. The van der Waals surface area contributed by atoms with Crippen LogP contribution in [0.4, 0.5) is 0 Å². The highest BCUT2D eigenvalue weighted by Crippen LogP contribution is 2.46. The Kier molecular flexibility index (Phi) is 10.5. The van der Waals surface area contributed by atoms with Crippen molar-refractivity contribution in [2.45, 2.75) is 6.92 Å². The molecule has 0 bridgehead atoms. The van der Waals surface area contributed by atoms with Gasteiger partial charge in [-0.3, -0.25) is 0 Å². The first-order valence-corrected chi connectivity index (χ1v) is 12.6. The summed E-state index contributed by atoms with van der Waals surface area (Å²) >= 11 is 14.3. The molecule has 0 spiro atoms.